The molecule has 0 aliphatic heterocycles. The lowest BCUT2D eigenvalue weighted by Crippen LogP contribution is -2.45. The molecular weight excluding hydrogens is 695 g/mol. The molecule has 1 amide bonds. The molecule has 0 aromatic carbocycles. The smallest absolute Gasteiger partial charge is 0.305 e. The molecule has 0 spiro atoms. The molecule has 0 aromatic rings. The van der Waals surface area contributed by atoms with E-state index in [1.165, 1.54) is 167 Å². The van der Waals surface area contributed by atoms with E-state index in [-0.39, 0.29) is 18.5 Å². The van der Waals surface area contributed by atoms with Gasteiger partial charge in [0.15, 0.2) is 0 Å². The van der Waals surface area contributed by atoms with E-state index in [0.717, 1.165) is 57.8 Å². The van der Waals surface area contributed by atoms with Gasteiger partial charge in [-0.1, -0.05) is 212 Å². The van der Waals surface area contributed by atoms with E-state index in [2.05, 4.69) is 43.5 Å². The highest BCUT2D eigenvalue weighted by Crippen LogP contribution is 2.16. The summed E-state index contributed by atoms with van der Waals surface area (Å²) in [7, 11) is 0. The summed E-state index contributed by atoms with van der Waals surface area (Å²) in [5, 5.41) is 23.0. The first-order valence-corrected chi connectivity index (χ1v) is 24.6. The number of ether oxygens (including phenoxy) is 1. The van der Waals surface area contributed by atoms with Crippen molar-refractivity contribution in [2.75, 3.05) is 13.2 Å². The van der Waals surface area contributed by atoms with Gasteiger partial charge in [0.2, 0.25) is 5.91 Å². The number of aliphatic hydroxyl groups is 2. The summed E-state index contributed by atoms with van der Waals surface area (Å²) in [5.74, 6) is -0.0610. The molecule has 0 heterocycles. The third kappa shape index (κ3) is 42.0. The maximum Gasteiger partial charge on any atom is 0.305 e. The average molecular weight is 790 g/mol. The largest absolute Gasteiger partial charge is 0.466 e. The fraction of sp³-hybridized carbons (Fsp3) is 0.880. The minimum Gasteiger partial charge on any atom is -0.466 e. The number of nitrogens with one attached hydrogen (secondary N) is 1. The van der Waals surface area contributed by atoms with Crippen molar-refractivity contribution in [3.63, 3.8) is 0 Å². The van der Waals surface area contributed by atoms with E-state index in [4.69, 9.17) is 4.74 Å². The Balaban J connectivity index is 3.42. The molecule has 6 nitrogen and oxygen atoms in total. The number of aliphatic hydroxyl groups excluding tert-OH is 2. The predicted molar refractivity (Wildman–Crippen MR) is 241 cm³/mol. The third-order valence-electron chi connectivity index (χ3n) is 11.3. The van der Waals surface area contributed by atoms with Crippen LogP contribution in [0.2, 0.25) is 0 Å². The topological polar surface area (TPSA) is 95.9 Å². The van der Waals surface area contributed by atoms with Gasteiger partial charge in [0.25, 0.3) is 0 Å². The van der Waals surface area contributed by atoms with Crippen molar-refractivity contribution in [3.8, 4) is 0 Å². The maximum atomic E-state index is 12.4. The lowest BCUT2D eigenvalue weighted by molar-refractivity contribution is -0.143. The summed E-state index contributed by atoms with van der Waals surface area (Å²) in [4.78, 5) is 24.4. The van der Waals surface area contributed by atoms with Crippen LogP contribution in [0, 0.1) is 0 Å². The standard InChI is InChI=1S/C50H95NO5/c1-3-5-7-9-11-13-14-15-17-21-24-28-32-36-40-44-50(55)56-45-41-37-33-29-25-22-19-16-18-20-23-27-31-35-39-43-49(54)51-47(46-52)48(53)42-38-34-30-26-12-10-8-6-4-2/h11,13,15,17,47-48,52-53H,3-10,12,14,16,18-46H2,1-2H3,(H,51,54)/b13-11-,17-15-. The molecule has 0 aliphatic rings. The Morgan fingerprint density at radius 1 is 0.500 bits per heavy atom. The molecule has 0 fully saturated rings. The summed E-state index contributed by atoms with van der Waals surface area (Å²) in [5.41, 5.74) is 0. The third-order valence-corrected chi connectivity index (χ3v) is 11.3. The number of carbonyl (C=O) groups is 2. The van der Waals surface area contributed by atoms with Crippen LogP contribution in [0.5, 0.6) is 0 Å². The highest BCUT2D eigenvalue weighted by atomic mass is 16.5. The molecular formula is C50H95NO5. The molecule has 0 radical (unpaired) electrons. The lowest BCUT2D eigenvalue weighted by Gasteiger charge is -2.22. The minimum atomic E-state index is -0.668. The number of rotatable bonds is 45. The molecule has 6 heteroatoms. The Kier molecular flexibility index (Phi) is 44.7. The van der Waals surface area contributed by atoms with E-state index in [1.54, 1.807) is 0 Å². The van der Waals surface area contributed by atoms with Gasteiger partial charge < -0.3 is 20.3 Å². The molecule has 0 bridgehead atoms. The molecule has 0 saturated heterocycles. The summed E-state index contributed by atoms with van der Waals surface area (Å²) in [6, 6.07) is -0.546. The normalized spacial score (nSPS) is 12.9. The van der Waals surface area contributed by atoms with Crippen LogP contribution in [0.3, 0.4) is 0 Å². The van der Waals surface area contributed by atoms with Crippen molar-refractivity contribution in [1.82, 2.24) is 5.32 Å². The number of hydrogen-bond acceptors (Lipinski definition) is 5. The van der Waals surface area contributed by atoms with Crippen molar-refractivity contribution >= 4 is 11.9 Å². The van der Waals surface area contributed by atoms with Crippen LogP contribution in [-0.4, -0.2) is 47.4 Å². The first-order chi connectivity index (χ1) is 27.5. The van der Waals surface area contributed by atoms with E-state index in [9.17, 15) is 19.8 Å². The number of allylic oxidation sites excluding steroid dienone is 4. The van der Waals surface area contributed by atoms with E-state index >= 15 is 0 Å². The van der Waals surface area contributed by atoms with Crippen LogP contribution in [-0.2, 0) is 14.3 Å². The van der Waals surface area contributed by atoms with E-state index < -0.39 is 12.1 Å². The van der Waals surface area contributed by atoms with Crippen LogP contribution >= 0.6 is 0 Å². The second kappa shape index (κ2) is 46.0. The zero-order chi connectivity index (χ0) is 40.8. The fourth-order valence-corrected chi connectivity index (χ4v) is 7.43. The van der Waals surface area contributed by atoms with Gasteiger partial charge in [-0.15, -0.1) is 0 Å². The van der Waals surface area contributed by atoms with Gasteiger partial charge in [-0.3, -0.25) is 9.59 Å². The molecule has 2 unspecified atom stereocenters. The monoisotopic (exact) mass is 790 g/mol. The van der Waals surface area contributed by atoms with Gasteiger partial charge in [0, 0.05) is 12.8 Å². The van der Waals surface area contributed by atoms with Crippen LogP contribution in [0.15, 0.2) is 24.3 Å². The average Bonchev–Trinajstić information content (AvgIpc) is 3.20. The number of hydrogen-bond donors (Lipinski definition) is 3. The van der Waals surface area contributed by atoms with Gasteiger partial charge in [0.1, 0.15) is 0 Å². The molecule has 0 aliphatic carbocycles. The lowest BCUT2D eigenvalue weighted by atomic mass is 10.0. The highest BCUT2D eigenvalue weighted by molar-refractivity contribution is 5.76. The van der Waals surface area contributed by atoms with Crippen molar-refractivity contribution in [2.45, 2.75) is 270 Å². The van der Waals surface area contributed by atoms with Gasteiger partial charge >= 0.3 is 5.97 Å². The summed E-state index contributed by atoms with van der Waals surface area (Å²) < 4.78 is 5.45. The predicted octanol–water partition coefficient (Wildman–Crippen LogP) is 14.3. The second-order valence-corrected chi connectivity index (χ2v) is 16.8. The van der Waals surface area contributed by atoms with Crippen molar-refractivity contribution in [2.24, 2.45) is 0 Å². The first-order valence-electron chi connectivity index (χ1n) is 24.6. The number of amides is 1. The second-order valence-electron chi connectivity index (χ2n) is 16.8. The molecule has 2 atom stereocenters. The van der Waals surface area contributed by atoms with Crippen LogP contribution < -0.4 is 5.32 Å². The molecule has 3 N–H and O–H groups in total. The summed E-state index contributed by atoms with van der Waals surface area (Å²) in [6.07, 6.45) is 52.9. The zero-order valence-electron chi connectivity index (χ0n) is 37.4. The van der Waals surface area contributed by atoms with Crippen LogP contribution in [0.1, 0.15) is 258 Å². The van der Waals surface area contributed by atoms with E-state index in [0.29, 0.717) is 25.9 Å². The molecule has 0 aromatic heterocycles. The molecule has 0 saturated carbocycles. The summed E-state index contributed by atoms with van der Waals surface area (Å²) in [6.45, 7) is 4.87. The van der Waals surface area contributed by atoms with Gasteiger partial charge in [0.05, 0.1) is 25.4 Å². The number of carbonyl (C=O) groups excluding carboxylic acids is 2. The Morgan fingerprint density at radius 2 is 0.893 bits per heavy atom. The summed E-state index contributed by atoms with van der Waals surface area (Å²) >= 11 is 0. The number of esters is 1. The quantitative estimate of drug-likeness (QED) is 0.0324. The van der Waals surface area contributed by atoms with Gasteiger partial charge in [-0.05, 0) is 57.8 Å². The SMILES string of the molecule is CCCCC/C=C\C/C=C\CCCCCCCC(=O)OCCCCCCCCCCCCCCCCCC(=O)NC(CO)C(O)CCCCCCCCCCC. The molecule has 56 heavy (non-hydrogen) atoms. The Labute approximate surface area is 348 Å². The Hall–Kier alpha value is -1.66. The van der Waals surface area contributed by atoms with Crippen LogP contribution in [0.4, 0.5) is 0 Å². The highest BCUT2D eigenvalue weighted by Gasteiger charge is 2.20. The van der Waals surface area contributed by atoms with Crippen molar-refractivity contribution in [1.29, 1.82) is 0 Å². The van der Waals surface area contributed by atoms with Crippen molar-refractivity contribution in [3.05, 3.63) is 24.3 Å². The van der Waals surface area contributed by atoms with Crippen molar-refractivity contribution < 1.29 is 24.5 Å². The minimum absolute atomic E-state index is 0.0140. The van der Waals surface area contributed by atoms with Crippen LogP contribution in [0.25, 0.3) is 0 Å². The maximum absolute atomic E-state index is 12.4. The zero-order valence-corrected chi connectivity index (χ0v) is 37.4. The number of unbranched alkanes of at least 4 members (excludes halogenated alkanes) is 30. The Bertz CT molecular complexity index is 874. The molecule has 0 rings (SSSR count). The van der Waals surface area contributed by atoms with Gasteiger partial charge in [-0.25, -0.2) is 0 Å². The van der Waals surface area contributed by atoms with E-state index in [1.807, 2.05) is 0 Å². The fourth-order valence-electron chi connectivity index (χ4n) is 7.43. The first kappa shape index (κ1) is 54.3. The Morgan fingerprint density at radius 3 is 1.39 bits per heavy atom. The van der Waals surface area contributed by atoms with Gasteiger partial charge in [-0.2, -0.15) is 0 Å². The molecule has 330 valence electrons.